The molecule has 0 bridgehead atoms. The fraction of sp³-hybridized carbons (Fsp3) is 0.500. The highest BCUT2D eigenvalue weighted by Gasteiger charge is 1.81. The summed E-state index contributed by atoms with van der Waals surface area (Å²) in [6, 6.07) is 0. The molecule has 0 unspecified atom stereocenters. The highest BCUT2D eigenvalue weighted by atomic mass is 35.5. The summed E-state index contributed by atoms with van der Waals surface area (Å²) in [4.78, 5) is 0. The Labute approximate surface area is 47.8 Å². The normalized spacial score (nSPS) is 14.0. The van der Waals surface area contributed by atoms with Gasteiger partial charge in [-0.1, -0.05) is 23.2 Å². The zero-order valence-corrected chi connectivity index (χ0v) is 5.27. The second-order valence-corrected chi connectivity index (χ2v) is 2.20. The van der Waals surface area contributed by atoms with Crippen molar-refractivity contribution in [3.8, 4) is 0 Å². The molecule has 36 valence electrons. The molecular formula is C4H6Cl2. The summed E-state index contributed by atoms with van der Waals surface area (Å²) in [6.07, 6.45) is 0. The Morgan fingerprint density at radius 2 is 1.17 bits per heavy atom. The van der Waals surface area contributed by atoms with E-state index in [0.29, 0.717) is 10.1 Å². The highest BCUT2D eigenvalue weighted by molar-refractivity contribution is 6.38. The maximum Gasteiger partial charge on any atom is 0.0292 e. The van der Waals surface area contributed by atoms with Gasteiger partial charge in [-0.05, 0) is 13.8 Å². The monoisotopic (exact) mass is 124 g/mol. The molecule has 0 aliphatic rings. The van der Waals surface area contributed by atoms with E-state index in [1.807, 2.05) is 0 Å². The molecule has 0 nitrogen and oxygen atoms in total. The third-order valence-electron chi connectivity index (χ3n) is 0.475. The summed E-state index contributed by atoms with van der Waals surface area (Å²) in [5.41, 5.74) is 0. The molecule has 0 heterocycles. The van der Waals surface area contributed by atoms with E-state index in [2.05, 4.69) is 0 Å². The van der Waals surface area contributed by atoms with E-state index in [4.69, 9.17) is 23.2 Å². The topological polar surface area (TPSA) is 0 Å². The van der Waals surface area contributed by atoms with Crippen molar-refractivity contribution in [3.05, 3.63) is 10.1 Å². The van der Waals surface area contributed by atoms with Crippen LogP contribution in [0.1, 0.15) is 13.8 Å². The Morgan fingerprint density at radius 3 is 1.17 bits per heavy atom. The molecule has 0 aromatic carbocycles. The van der Waals surface area contributed by atoms with Gasteiger partial charge in [-0.3, -0.25) is 0 Å². The molecule has 0 fully saturated rings. The van der Waals surface area contributed by atoms with E-state index < -0.39 is 0 Å². The number of hydrogen-bond donors (Lipinski definition) is 0. The summed E-state index contributed by atoms with van der Waals surface area (Å²) in [7, 11) is 0. The smallest absolute Gasteiger partial charge is 0.0292 e. The lowest BCUT2D eigenvalue weighted by Crippen LogP contribution is -1.57. The molecule has 0 aliphatic heterocycles. The molecule has 0 saturated heterocycles. The number of hydrogen-bond acceptors (Lipinski definition) is 0. The molecule has 0 radical (unpaired) electrons. The maximum atomic E-state index is 5.36. The Kier molecular flexibility index (Phi) is 2.62. The minimum Gasteiger partial charge on any atom is -0.0882 e. The van der Waals surface area contributed by atoms with Gasteiger partial charge in [0.25, 0.3) is 0 Å². The van der Waals surface area contributed by atoms with Gasteiger partial charge in [-0.15, -0.1) is 0 Å². The van der Waals surface area contributed by atoms with Crippen LogP contribution in [0, 0.1) is 0 Å². The van der Waals surface area contributed by atoms with Crippen LogP contribution in [0.5, 0.6) is 0 Å². The maximum absolute atomic E-state index is 5.36. The Morgan fingerprint density at radius 1 is 1.00 bits per heavy atom. The molecule has 0 saturated carbocycles. The van der Waals surface area contributed by atoms with E-state index in [1.165, 1.54) is 0 Å². The Bertz CT molecular complexity index is 55.6. The highest BCUT2D eigenvalue weighted by Crippen LogP contribution is 2.09. The Balaban J connectivity index is 3.68. The molecule has 6 heavy (non-hydrogen) atoms. The Hall–Kier alpha value is 0.320. The van der Waals surface area contributed by atoms with Crippen LogP contribution in [0.4, 0.5) is 0 Å². The predicted octanol–water partition coefficient (Wildman–Crippen LogP) is 2.72. The van der Waals surface area contributed by atoms with Gasteiger partial charge in [-0.25, -0.2) is 0 Å². The van der Waals surface area contributed by atoms with Gasteiger partial charge in [0, 0.05) is 10.1 Å². The van der Waals surface area contributed by atoms with Crippen LogP contribution in [0.3, 0.4) is 0 Å². The average Bonchev–Trinajstić information content (AvgIpc) is 1.36. The minimum absolute atomic E-state index is 0.664. The summed E-state index contributed by atoms with van der Waals surface area (Å²) in [6.45, 7) is 3.51. The van der Waals surface area contributed by atoms with Gasteiger partial charge < -0.3 is 0 Å². The zero-order chi connectivity index (χ0) is 5.15. The number of halogens is 2. The van der Waals surface area contributed by atoms with Crippen LogP contribution in [0.25, 0.3) is 0 Å². The largest absolute Gasteiger partial charge is 0.0882 e. The lowest BCUT2D eigenvalue weighted by Gasteiger charge is -1.81. The van der Waals surface area contributed by atoms with Crippen LogP contribution in [-0.4, -0.2) is 0 Å². The predicted molar refractivity (Wildman–Crippen MR) is 30.1 cm³/mol. The third kappa shape index (κ3) is 2.55. The second-order valence-electron chi connectivity index (χ2n) is 1.07. The molecule has 0 aliphatic carbocycles. The van der Waals surface area contributed by atoms with E-state index >= 15 is 0 Å². The summed E-state index contributed by atoms with van der Waals surface area (Å²) in [5.74, 6) is 0. The number of rotatable bonds is 0. The molecular weight excluding hydrogens is 119 g/mol. The molecule has 0 amide bonds. The van der Waals surface area contributed by atoms with Gasteiger partial charge >= 0.3 is 0 Å². The van der Waals surface area contributed by atoms with Crippen LogP contribution < -0.4 is 0 Å². The van der Waals surface area contributed by atoms with Gasteiger partial charge in [0.05, 0.1) is 0 Å². The molecule has 2 heteroatoms. The SMILES string of the molecule is C/C(Cl)=C(\C)Cl. The van der Waals surface area contributed by atoms with Crippen molar-refractivity contribution in [2.24, 2.45) is 0 Å². The third-order valence-corrected chi connectivity index (χ3v) is 1.14. The first-order valence-electron chi connectivity index (χ1n) is 1.63. The number of allylic oxidation sites excluding steroid dienone is 2. The van der Waals surface area contributed by atoms with Crippen molar-refractivity contribution < 1.29 is 0 Å². The van der Waals surface area contributed by atoms with Gasteiger partial charge in [0.2, 0.25) is 0 Å². The van der Waals surface area contributed by atoms with Crippen molar-refractivity contribution in [1.82, 2.24) is 0 Å². The van der Waals surface area contributed by atoms with Gasteiger partial charge in [0.15, 0.2) is 0 Å². The minimum atomic E-state index is 0.664. The zero-order valence-electron chi connectivity index (χ0n) is 3.76. The standard InChI is InChI=1S/C4H6Cl2/c1-3(5)4(2)6/h1-2H3/b4-3-. The average molecular weight is 125 g/mol. The van der Waals surface area contributed by atoms with Crippen LogP contribution in [-0.2, 0) is 0 Å². The first-order chi connectivity index (χ1) is 2.64. The molecule has 0 aromatic heterocycles. The van der Waals surface area contributed by atoms with Crippen LogP contribution in [0.2, 0.25) is 0 Å². The van der Waals surface area contributed by atoms with Gasteiger partial charge in [-0.2, -0.15) is 0 Å². The lowest BCUT2D eigenvalue weighted by atomic mass is 10.6. The fourth-order valence-corrected chi connectivity index (χ4v) is 0. The molecule has 0 N–H and O–H groups in total. The summed E-state index contributed by atoms with van der Waals surface area (Å²) >= 11 is 10.7. The van der Waals surface area contributed by atoms with Gasteiger partial charge in [0.1, 0.15) is 0 Å². The quantitative estimate of drug-likeness (QED) is 0.466. The van der Waals surface area contributed by atoms with Crippen molar-refractivity contribution in [3.63, 3.8) is 0 Å². The van der Waals surface area contributed by atoms with E-state index in [1.54, 1.807) is 13.8 Å². The molecule has 0 atom stereocenters. The molecule has 0 spiro atoms. The fourth-order valence-electron chi connectivity index (χ4n) is 0. The van der Waals surface area contributed by atoms with Crippen LogP contribution >= 0.6 is 23.2 Å². The van der Waals surface area contributed by atoms with Crippen molar-refractivity contribution in [1.29, 1.82) is 0 Å². The second kappa shape index (κ2) is 2.49. The summed E-state index contributed by atoms with van der Waals surface area (Å²) in [5, 5.41) is 1.33. The van der Waals surface area contributed by atoms with Crippen LogP contribution in [0.15, 0.2) is 10.1 Å². The van der Waals surface area contributed by atoms with Crippen molar-refractivity contribution >= 4 is 23.2 Å². The van der Waals surface area contributed by atoms with E-state index in [-0.39, 0.29) is 0 Å². The van der Waals surface area contributed by atoms with Crippen molar-refractivity contribution in [2.75, 3.05) is 0 Å². The van der Waals surface area contributed by atoms with Crippen molar-refractivity contribution in [2.45, 2.75) is 13.8 Å². The molecule has 0 rings (SSSR count). The lowest BCUT2D eigenvalue weighted by molar-refractivity contribution is 1.54. The first kappa shape index (κ1) is 6.32. The summed E-state index contributed by atoms with van der Waals surface area (Å²) < 4.78 is 0. The molecule has 0 aromatic rings. The van der Waals surface area contributed by atoms with E-state index in [9.17, 15) is 0 Å². The first-order valence-corrected chi connectivity index (χ1v) is 2.38. The van der Waals surface area contributed by atoms with E-state index in [0.717, 1.165) is 0 Å².